The molecule has 0 aliphatic rings. The Balaban J connectivity index is 3.05. The third kappa shape index (κ3) is 4.74. The van der Waals surface area contributed by atoms with Gasteiger partial charge in [-0.05, 0) is 12.7 Å². The van der Waals surface area contributed by atoms with E-state index in [4.69, 9.17) is 5.11 Å². The van der Waals surface area contributed by atoms with Gasteiger partial charge in [0.1, 0.15) is 0 Å². The number of carboxylic acid groups (broad SMARTS) is 1. The second-order valence-electron chi connectivity index (χ2n) is 5.74. The van der Waals surface area contributed by atoms with E-state index in [1.807, 2.05) is 18.0 Å². The van der Waals surface area contributed by atoms with Gasteiger partial charge in [-0.15, -0.1) is 0 Å². The molecule has 1 N–H and O–H groups in total. The molecule has 0 radical (unpaired) electrons. The molecule has 6 heteroatoms. The van der Waals surface area contributed by atoms with Crippen LogP contribution in [0, 0.1) is 0 Å². The molecule has 1 aromatic heterocycles. The Labute approximate surface area is 129 Å². The maximum Gasteiger partial charge on any atom is 0.313 e. The minimum absolute atomic E-state index is 0.000173. The van der Waals surface area contributed by atoms with Gasteiger partial charge in [0.05, 0.1) is 5.75 Å². The maximum atomic E-state index is 10.8. The number of carboxylic acids is 1. The number of aromatic nitrogens is 2. The molecule has 0 aliphatic heterocycles. The van der Waals surface area contributed by atoms with Gasteiger partial charge in [0.25, 0.3) is 0 Å². The van der Waals surface area contributed by atoms with E-state index in [1.165, 1.54) is 11.8 Å². The van der Waals surface area contributed by atoms with Gasteiger partial charge in [-0.2, -0.15) is 11.8 Å². The molecule has 1 rings (SSSR count). The third-order valence-corrected chi connectivity index (χ3v) is 4.94. The summed E-state index contributed by atoms with van der Waals surface area (Å²) in [6.45, 7) is 10.8. The van der Waals surface area contributed by atoms with Gasteiger partial charge in [-0.25, -0.2) is 4.98 Å². The molecule has 4 nitrogen and oxygen atoms in total. The first-order valence-corrected chi connectivity index (χ1v) is 8.91. The van der Waals surface area contributed by atoms with E-state index >= 15 is 0 Å². The normalized spacial score (nSPS) is 13.4. The standard InChI is InChI=1S/C14H24N2O2S2/c1-6-19-8-10(2)16-11(14(3,4)5)7-15-13(16)20-9-12(17)18/h7,10H,6,8-9H2,1-5H3,(H,17,18). The topological polar surface area (TPSA) is 55.1 Å². The molecule has 0 amide bonds. The van der Waals surface area contributed by atoms with Gasteiger partial charge in [0.2, 0.25) is 0 Å². The van der Waals surface area contributed by atoms with Crippen LogP contribution in [0.3, 0.4) is 0 Å². The van der Waals surface area contributed by atoms with Crippen molar-refractivity contribution in [2.45, 2.75) is 51.2 Å². The average Bonchev–Trinajstić information content (AvgIpc) is 2.77. The summed E-state index contributed by atoms with van der Waals surface area (Å²) in [4.78, 5) is 15.2. The van der Waals surface area contributed by atoms with E-state index in [-0.39, 0.29) is 11.2 Å². The number of rotatable bonds is 7. The monoisotopic (exact) mass is 316 g/mol. The first-order valence-electron chi connectivity index (χ1n) is 6.77. The molecule has 1 atom stereocenters. The van der Waals surface area contributed by atoms with E-state index in [0.717, 1.165) is 22.4 Å². The fourth-order valence-electron chi connectivity index (χ4n) is 1.92. The van der Waals surface area contributed by atoms with Crippen molar-refractivity contribution in [1.82, 2.24) is 9.55 Å². The van der Waals surface area contributed by atoms with Crippen molar-refractivity contribution in [2.75, 3.05) is 17.3 Å². The largest absolute Gasteiger partial charge is 0.481 e. The lowest BCUT2D eigenvalue weighted by Crippen LogP contribution is -2.21. The van der Waals surface area contributed by atoms with E-state index in [2.05, 4.69) is 44.2 Å². The van der Waals surface area contributed by atoms with Crippen LogP contribution in [-0.4, -0.2) is 37.9 Å². The van der Waals surface area contributed by atoms with E-state index in [1.54, 1.807) is 0 Å². The van der Waals surface area contributed by atoms with Gasteiger partial charge in [0.15, 0.2) is 5.16 Å². The second-order valence-corrected chi connectivity index (χ2v) is 8.00. The maximum absolute atomic E-state index is 10.8. The zero-order chi connectivity index (χ0) is 15.3. The Morgan fingerprint density at radius 3 is 2.65 bits per heavy atom. The number of hydrogen-bond donors (Lipinski definition) is 1. The summed E-state index contributed by atoms with van der Waals surface area (Å²) < 4.78 is 2.20. The lowest BCUT2D eigenvalue weighted by molar-refractivity contribution is -0.133. The zero-order valence-corrected chi connectivity index (χ0v) is 14.5. The molecule has 0 bridgehead atoms. The number of nitrogens with zero attached hydrogens (tertiary/aromatic N) is 2. The average molecular weight is 316 g/mol. The molecule has 114 valence electrons. The van der Waals surface area contributed by atoms with Crippen LogP contribution >= 0.6 is 23.5 Å². The van der Waals surface area contributed by atoms with Crippen LogP contribution in [0.15, 0.2) is 11.4 Å². The molecule has 0 saturated carbocycles. The molecule has 1 heterocycles. The fourth-order valence-corrected chi connectivity index (χ4v) is 3.44. The smallest absolute Gasteiger partial charge is 0.313 e. The fraction of sp³-hybridized carbons (Fsp3) is 0.714. The first kappa shape index (κ1) is 17.4. The lowest BCUT2D eigenvalue weighted by atomic mass is 9.92. The summed E-state index contributed by atoms with van der Waals surface area (Å²) in [6.07, 6.45) is 1.89. The Bertz CT molecular complexity index is 453. The predicted octanol–water partition coefficient (Wildman–Crippen LogP) is 3.67. The van der Waals surface area contributed by atoms with E-state index in [9.17, 15) is 4.79 Å². The minimum atomic E-state index is -0.808. The van der Waals surface area contributed by atoms with Gasteiger partial charge < -0.3 is 9.67 Å². The molecular formula is C14H24N2O2S2. The zero-order valence-electron chi connectivity index (χ0n) is 12.8. The van der Waals surface area contributed by atoms with Crippen LogP contribution in [0.5, 0.6) is 0 Å². The molecule has 1 aromatic rings. The van der Waals surface area contributed by atoms with Crippen molar-refractivity contribution >= 4 is 29.5 Å². The molecule has 0 aromatic carbocycles. The molecule has 0 aliphatic carbocycles. The number of thioether (sulfide) groups is 2. The number of aliphatic carboxylic acids is 1. The Kier molecular flexibility index (Phi) is 6.45. The predicted molar refractivity (Wildman–Crippen MR) is 87.0 cm³/mol. The summed E-state index contributed by atoms with van der Waals surface area (Å²) in [5.74, 6) is 1.34. The number of carbonyl (C=O) groups is 1. The van der Waals surface area contributed by atoms with Crippen molar-refractivity contribution in [3.05, 3.63) is 11.9 Å². The quantitative estimate of drug-likeness (QED) is 0.778. The number of imidazole rings is 1. The van der Waals surface area contributed by atoms with Crippen molar-refractivity contribution in [2.24, 2.45) is 0 Å². The van der Waals surface area contributed by atoms with Crippen LogP contribution < -0.4 is 0 Å². The summed E-state index contributed by atoms with van der Waals surface area (Å²) in [5.41, 5.74) is 1.16. The molecule has 1 unspecified atom stereocenters. The highest BCUT2D eigenvalue weighted by atomic mass is 32.2. The Morgan fingerprint density at radius 1 is 1.50 bits per heavy atom. The van der Waals surface area contributed by atoms with Crippen molar-refractivity contribution in [1.29, 1.82) is 0 Å². The van der Waals surface area contributed by atoms with Crippen LogP contribution in [0.1, 0.15) is 46.4 Å². The van der Waals surface area contributed by atoms with Crippen molar-refractivity contribution in [3.8, 4) is 0 Å². The van der Waals surface area contributed by atoms with Crippen molar-refractivity contribution in [3.63, 3.8) is 0 Å². The van der Waals surface area contributed by atoms with Crippen LogP contribution in [0.4, 0.5) is 0 Å². The lowest BCUT2D eigenvalue weighted by Gasteiger charge is -2.25. The molecular weight excluding hydrogens is 292 g/mol. The summed E-state index contributed by atoms with van der Waals surface area (Å²) in [6, 6.07) is 0.313. The molecule has 0 fully saturated rings. The third-order valence-electron chi connectivity index (χ3n) is 2.86. The van der Waals surface area contributed by atoms with Gasteiger partial charge >= 0.3 is 5.97 Å². The Morgan fingerprint density at radius 2 is 2.15 bits per heavy atom. The molecule has 0 saturated heterocycles. The highest BCUT2D eigenvalue weighted by Gasteiger charge is 2.24. The van der Waals surface area contributed by atoms with Crippen molar-refractivity contribution < 1.29 is 9.90 Å². The first-order chi connectivity index (χ1) is 9.27. The summed E-state index contributed by atoms with van der Waals surface area (Å²) in [5, 5.41) is 9.66. The summed E-state index contributed by atoms with van der Waals surface area (Å²) >= 11 is 3.19. The van der Waals surface area contributed by atoms with Gasteiger partial charge in [-0.3, -0.25) is 4.79 Å². The highest BCUT2D eigenvalue weighted by Crippen LogP contribution is 2.31. The van der Waals surface area contributed by atoms with Crippen LogP contribution in [0.2, 0.25) is 0 Å². The molecule has 20 heavy (non-hydrogen) atoms. The van der Waals surface area contributed by atoms with E-state index in [0.29, 0.717) is 6.04 Å². The SMILES string of the molecule is CCSCC(C)n1c(C(C)(C)C)cnc1SCC(=O)O. The molecule has 0 spiro atoms. The second kappa shape index (κ2) is 7.41. The number of hydrogen-bond acceptors (Lipinski definition) is 4. The Hall–Kier alpha value is -0.620. The highest BCUT2D eigenvalue weighted by molar-refractivity contribution is 7.99. The summed E-state index contributed by atoms with van der Waals surface area (Å²) in [7, 11) is 0. The van der Waals surface area contributed by atoms with Gasteiger partial charge in [0, 0.05) is 29.1 Å². The van der Waals surface area contributed by atoms with Gasteiger partial charge in [-0.1, -0.05) is 39.5 Å². The van der Waals surface area contributed by atoms with Crippen LogP contribution in [0.25, 0.3) is 0 Å². The minimum Gasteiger partial charge on any atom is -0.481 e. The van der Waals surface area contributed by atoms with Crippen LogP contribution in [-0.2, 0) is 10.2 Å². The van der Waals surface area contributed by atoms with E-state index < -0.39 is 5.97 Å².